The summed E-state index contributed by atoms with van der Waals surface area (Å²) in [6.07, 6.45) is 0. The Balaban J connectivity index is 1.65. The summed E-state index contributed by atoms with van der Waals surface area (Å²) in [7, 11) is -3.81. The number of hydrogen-bond donors (Lipinski definition) is 2. The molecule has 7 nitrogen and oxygen atoms in total. The smallest absolute Gasteiger partial charge is 0.269 e. The molecule has 2 N–H and O–H groups in total. The second kappa shape index (κ2) is 8.59. The van der Waals surface area contributed by atoms with Gasteiger partial charge in [-0.05, 0) is 30.0 Å². The zero-order valence-electron chi connectivity index (χ0n) is 15.4. The lowest BCUT2D eigenvalue weighted by molar-refractivity contribution is 0.102. The first kappa shape index (κ1) is 20.1. The molecular weight excluding hydrogens is 396 g/mol. The average molecular weight is 417 g/mol. The third-order valence-electron chi connectivity index (χ3n) is 4.19. The summed E-state index contributed by atoms with van der Waals surface area (Å²) in [5.41, 5.74) is 2.35. The largest absolute Gasteiger partial charge is 0.296 e. The maximum atomic E-state index is 12.5. The summed E-state index contributed by atoms with van der Waals surface area (Å²) >= 11 is 0.812. The first-order valence-electron chi connectivity index (χ1n) is 8.62. The van der Waals surface area contributed by atoms with Crippen molar-refractivity contribution < 1.29 is 13.2 Å². The predicted molar refractivity (Wildman–Crippen MR) is 109 cm³/mol. The molecule has 0 aliphatic rings. The van der Waals surface area contributed by atoms with E-state index in [9.17, 15) is 13.2 Å². The van der Waals surface area contributed by atoms with Crippen LogP contribution in [-0.2, 0) is 10.0 Å². The Morgan fingerprint density at radius 1 is 1.07 bits per heavy atom. The van der Waals surface area contributed by atoms with Crippen LogP contribution in [0, 0.1) is 6.92 Å². The number of rotatable bonds is 7. The van der Waals surface area contributed by atoms with Gasteiger partial charge in [0.05, 0.1) is 0 Å². The molecule has 0 bridgehead atoms. The Kier molecular flexibility index (Phi) is 6.18. The van der Waals surface area contributed by atoms with Crippen molar-refractivity contribution in [3.63, 3.8) is 0 Å². The van der Waals surface area contributed by atoms with Crippen LogP contribution in [0.1, 0.15) is 34.3 Å². The van der Waals surface area contributed by atoms with Crippen molar-refractivity contribution in [3.8, 4) is 0 Å². The van der Waals surface area contributed by atoms with E-state index in [1.165, 1.54) is 0 Å². The van der Waals surface area contributed by atoms with Gasteiger partial charge < -0.3 is 0 Å². The Hall–Kier alpha value is -2.62. The zero-order chi connectivity index (χ0) is 20.1. The van der Waals surface area contributed by atoms with E-state index >= 15 is 0 Å². The minimum absolute atomic E-state index is 0.00382. The number of aromatic nitrogens is 2. The van der Waals surface area contributed by atoms with Crippen LogP contribution < -0.4 is 10.0 Å². The molecule has 0 unspecified atom stereocenters. The van der Waals surface area contributed by atoms with Gasteiger partial charge in [-0.2, -0.15) is 0 Å². The first-order valence-corrected chi connectivity index (χ1v) is 10.9. The number of carbonyl (C=O) groups excluding carboxylic acids is 1. The third kappa shape index (κ3) is 4.80. The summed E-state index contributed by atoms with van der Waals surface area (Å²) in [5, 5.41) is 10.2. The zero-order valence-corrected chi connectivity index (χ0v) is 17.0. The van der Waals surface area contributed by atoms with Crippen molar-refractivity contribution in [1.82, 2.24) is 14.9 Å². The quantitative estimate of drug-likeness (QED) is 0.576. The van der Waals surface area contributed by atoms with Crippen molar-refractivity contribution in [1.29, 1.82) is 0 Å². The Labute approximate surface area is 167 Å². The molecule has 1 heterocycles. The molecule has 28 heavy (non-hydrogen) atoms. The monoisotopic (exact) mass is 416 g/mol. The van der Waals surface area contributed by atoms with Gasteiger partial charge in [-0.3, -0.25) is 10.1 Å². The van der Waals surface area contributed by atoms with Gasteiger partial charge in [0, 0.05) is 12.1 Å². The fourth-order valence-electron chi connectivity index (χ4n) is 2.56. The van der Waals surface area contributed by atoms with Gasteiger partial charge in [0.25, 0.3) is 15.9 Å². The summed E-state index contributed by atoms with van der Waals surface area (Å²) in [6.45, 7) is 3.99. The lowest BCUT2D eigenvalue weighted by Gasteiger charge is -2.12. The number of amides is 1. The number of sulfonamides is 1. The van der Waals surface area contributed by atoms with Crippen molar-refractivity contribution in [3.05, 3.63) is 71.3 Å². The van der Waals surface area contributed by atoms with Gasteiger partial charge in [0.2, 0.25) is 9.47 Å². The number of hydrogen-bond acceptors (Lipinski definition) is 6. The van der Waals surface area contributed by atoms with E-state index in [1.54, 1.807) is 12.1 Å². The summed E-state index contributed by atoms with van der Waals surface area (Å²) in [6, 6.07) is 16.7. The second-order valence-electron chi connectivity index (χ2n) is 6.31. The van der Waals surface area contributed by atoms with Crippen LogP contribution in [0.3, 0.4) is 0 Å². The molecule has 0 saturated heterocycles. The van der Waals surface area contributed by atoms with Gasteiger partial charge in [-0.25, -0.2) is 13.1 Å². The van der Waals surface area contributed by atoms with Gasteiger partial charge in [-0.15, -0.1) is 10.2 Å². The number of nitrogens with zero attached hydrogens (tertiary/aromatic N) is 2. The molecule has 0 radical (unpaired) electrons. The molecule has 0 fully saturated rings. The molecule has 0 aliphatic carbocycles. The van der Waals surface area contributed by atoms with Crippen molar-refractivity contribution in [2.75, 3.05) is 11.9 Å². The Morgan fingerprint density at radius 3 is 2.46 bits per heavy atom. The van der Waals surface area contributed by atoms with E-state index in [0.717, 1.165) is 22.5 Å². The molecule has 9 heteroatoms. The van der Waals surface area contributed by atoms with Crippen LogP contribution in [0.2, 0.25) is 0 Å². The lowest BCUT2D eigenvalue weighted by Crippen LogP contribution is -2.27. The molecule has 1 amide bonds. The third-order valence-corrected chi connectivity index (χ3v) is 6.82. The molecule has 1 aromatic heterocycles. The second-order valence-corrected chi connectivity index (χ2v) is 9.22. The van der Waals surface area contributed by atoms with E-state index in [1.807, 2.05) is 56.3 Å². The van der Waals surface area contributed by atoms with E-state index in [4.69, 9.17) is 0 Å². The average Bonchev–Trinajstić information content (AvgIpc) is 3.16. The summed E-state index contributed by atoms with van der Waals surface area (Å²) in [5.74, 6) is -0.354. The molecule has 146 valence electrons. The van der Waals surface area contributed by atoms with Crippen molar-refractivity contribution in [2.24, 2.45) is 0 Å². The standard InChI is InChI=1S/C19H20N4O3S2/c1-13-8-6-7-11-16(13)17(24)21-18-22-23-19(27-18)28(25,26)20-12-14(2)15-9-4-3-5-10-15/h3-11,14,20H,12H2,1-2H3,(H,21,22,24)/t14-/m0/s1. The molecule has 2 aromatic carbocycles. The van der Waals surface area contributed by atoms with Gasteiger partial charge in [-0.1, -0.05) is 66.8 Å². The normalized spacial score (nSPS) is 12.5. The van der Waals surface area contributed by atoms with E-state index in [0.29, 0.717) is 5.56 Å². The maximum absolute atomic E-state index is 12.5. The SMILES string of the molecule is Cc1ccccc1C(=O)Nc1nnc(S(=O)(=O)NC[C@H](C)c2ccccc2)s1. The van der Waals surface area contributed by atoms with E-state index < -0.39 is 10.0 Å². The van der Waals surface area contributed by atoms with Crippen LogP contribution in [0.15, 0.2) is 58.9 Å². The van der Waals surface area contributed by atoms with Gasteiger partial charge in [0.1, 0.15) is 0 Å². The highest BCUT2D eigenvalue weighted by molar-refractivity contribution is 7.91. The van der Waals surface area contributed by atoms with Crippen LogP contribution in [0.4, 0.5) is 5.13 Å². The van der Waals surface area contributed by atoms with Crippen molar-refractivity contribution in [2.45, 2.75) is 24.1 Å². The number of aryl methyl sites for hydroxylation is 1. The summed E-state index contributed by atoms with van der Waals surface area (Å²) < 4.78 is 27.3. The van der Waals surface area contributed by atoms with Gasteiger partial charge in [0.15, 0.2) is 0 Å². The van der Waals surface area contributed by atoms with E-state index in [2.05, 4.69) is 20.2 Å². The first-order chi connectivity index (χ1) is 13.4. The molecular formula is C19H20N4O3S2. The predicted octanol–water partition coefficient (Wildman–Crippen LogP) is 3.18. The van der Waals surface area contributed by atoms with Gasteiger partial charge >= 0.3 is 0 Å². The number of anilines is 1. The molecule has 0 aliphatic heterocycles. The van der Waals surface area contributed by atoms with Crippen molar-refractivity contribution >= 4 is 32.4 Å². The number of nitrogens with one attached hydrogen (secondary N) is 2. The Morgan fingerprint density at radius 2 is 1.75 bits per heavy atom. The fourth-order valence-corrected chi connectivity index (χ4v) is 4.62. The number of carbonyl (C=O) groups is 1. The molecule has 0 spiro atoms. The number of benzene rings is 2. The summed E-state index contributed by atoms with van der Waals surface area (Å²) in [4.78, 5) is 12.3. The highest BCUT2D eigenvalue weighted by Crippen LogP contribution is 2.22. The molecule has 3 aromatic rings. The van der Waals surface area contributed by atoms with Crippen LogP contribution in [0.5, 0.6) is 0 Å². The minimum atomic E-state index is -3.81. The molecule has 1 atom stereocenters. The molecule has 3 rings (SSSR count). The maximum Gasteiger partial charge on any atom is 0.269 e. The van der Waals surface area contributed by atoms with Crippen LogP contribution >= 0.6 is 11.3 Å². The lowest BCUT2D eigenvalue weighted by atomic mass is 10.0. The molecule has 0 saturated carbocycles. The minimum Gasteiger partial charge on any atom is -0.296 e. The highest BCUT2D eigenvalue weighted by atomic mass is 32.2. The van der Waals surface area contributed by atoms with Crippen LogP contribution in [0.25, 0.3) is 0 Å². The Bertz CT molecular complexity index is 1070. The van der Waals surface area contributed by atoms with E-state index in [-0.39, 0.29) is 27.8 Å². The topological polar surface area (TPSA) is 101 Å². The highest BCUT2D eigenvalue weighted by Gasteiger charge is 2.22. The van der Waals surface area contributed by atoms with Crippen LogP contribution in [-0.4, -0.2) is 31.1 Å². The fraction of sp³-hybridized carbons (Fsp3) is 0.211.